The lowest BCUT2D eigenvalue weighted by molar-refractivity contribution is 0.258. The summed E-state index contributed by atoms with van der Waals surface area (Å²) in [6.45, 7) is 11.6. The Labute approximate surface area is 415 Å². The van der Waals surface area contributed by atoms with E-state index in [1.807, 2.05) is 36.4 Å². The van der Waals surface area contributed by atoms with Gasteiger partial charge in [0.15, 0.2) is 34.5 Å². The predicted octanol–water partition coefficient (Wildman–Crippen LogP) is 18.7. The van der Waals surface area contributed by atoms with Crippen molar-refractivity contribution in [3.8, 4) is 34.5 Å². The van der Waals surface area contributed by atoms with Gasteiger partial charge in [0.1, 0.15) is 0 Å². The molecule has 3 rings (SSSR count). The van der Waals surface area contributed by atoms with Crippen LogP contribution in [-0.2, 0) is 0 Å². The van der Waals surface area contributed by atoms with Crippen molar-refractivity contribution in [2.24, 2.45) is 9.98 Å². The lowest BCUT2D eigenvalue weighted by Gasteiger charge is -2.14. The van der Waals surface area contributed by atoms with Gasteiger partial charge in [0.05, 0.1) is 37.8 Å². The second-order valence-corrected chi connectivity index (χ2v) is 19.0. The molecule has 8 heteroatoms. The van der Waals surface area contributed by atoms with Gasteiger partial charge in [-0.1, -0.05) is 207 Å². The molecule has 3 aromatic carbocycles. The number of aromatic hydroxyl groups is 2. The Kier molecular flexibility index (Phi) is 33.9. The topological polar surface area (TPSA) is 102 Å². The molecule has 0 aliphatic rings. The third-order valence-electron chi connectivity index (χ3n) is 12.8. The molecular formula is C60H96N2O6. The summed E-state index contributed by atoms with van der Waals surface area (Å²) in [5, 5.41) is 22.2. The maximum atomic E-state index is 11.1. The summed E-state index contributed by atoms with van der Waals surface area (Å²) in [4.78, 5) is 9.36. The molecule has 0 heterocycles. The Morgan fingerprint density at radius 3 is 0.853 bits per heavy atom. The van der Waals surface area contributed by atoms with Gasteiger partial charge in [-0.15, -0.1) is 0 Å². The van der Waals surface area contributed by atoms with Crippen LogP contribution in [0.1, 0.15) is 244 Å². The third kappa shape index (κ3) is 26.5. The fraction of sp³-hybridized carbons (Fsp3) is 0.667. The Hall–Kier alpha value is -4.20. The van der Waals surface area contributed by atoms with Gasteiger partial charge in [0.2, 0.25) is 0 Å². The lowest BCUT2D eigenvalue weighted by Crippen LogP contribution is -2.03. The summed E-state index contributed by atoms with van der Waals surface area (Å²) in [7, 11) is 0. The normalized spacial score (nSPS) is 11.6. The molecule has 0 spiro atoms. The SMILES string of the molecule is CCCCCCCCCCOc1ccc(N=Cc2ccc(C=Nc3ccc(OCCCCCCCCCC)c(OCCCCCCCCCC)c3)c(O)c2O)cc1OCCCCCCCCCC. The second-order valence-electron chi connectivity index (χ2n) is 19.0. The molecule has 0 aliphatic carbocycles. The third-order valence-corrected chi connectivity index (χ3v) is 12.8. The summed E-state index contributed by atoms with van der Waals surface area (Å²) < 4.78 is 25.1. The maximum Gasteiger partial charge on any atom is 0.167 e. The summed E-state index contributed by atoms with van der Waals surface area (Å²) >= 11 is 0. The van der Waals surface area contributed by atoms with Gasteiger partial charge >= 0.3 is 0 Å². The molecule has 8 nitrogen and oxygen atoms in total. The number of hydrogen-bond acceptors (Lipinski definition) is 8. The molecule has 0 aromatic heterocycles. The average Bonchev–Trinajstić information content (AvgIpc) is 3.35. The first-order chi connectivity index (χ1) is 33.5. The molecule has 0 amide bonds. The predicted molar refractivity (Wildman–Crippen MR) is 290 cm³/mol. The largest absolute Gasteiger partial charge is 0.504 e. The highest BCUT2D eigenvalue weighted by Gasteiger charge is 2.12. The minimum atomic E-state index is -0.256. The summed E-state index contributed by atoms with van der Waals surface area (Å²) in [6, 6.07) is 15.0. The van der Waals surface area contributed by atoms with Crippen LogP contribution in [0.15, 0.2) is 58.5 Å². The van der Waals surface area contributed by atoms with Crippen LogP contribution in [0, 0.1) is 0 Å². The number of rotatable bonds is 44. The molecule has 0 saturated carbocycles. The molecule has 382 valence electrons. The number of ether oxygens (including phenoxy) is 4. The molecule has 0 aliphatic heterocycles. The average molecular weight is 941 g/mol. The van der Waals surface area contributed by atoms with Crippen LogP contribution < -0.4 is 18.9 Å². The van der Waals surface area contributed by atoms with Crippen molar-refractivity contribution >= 4 is 23.8 Å². The monoisotopic (exact) mass is 941 g/mol. The quantitative estimate of drug-likeness (QED) is 0.0333. The molecule has 68 heavy (non-hydrogen) atoms. The van der Waals surface area contributed by atoms with E-state index in [2.05, 4.69) is 37.7 Å². The Morgan fingerprint density at radius 2 is 0.574 bits per heavy atom. The van der Waals surface area contributed by atoms with Gasteiger partial charge in [0, 0.05) is 35.7 Å². The molecule has 0 radical (unpaired) electrons. The van der Waals surface area contributed by atoms with Crippen molar-refractivity contribution < 1.29 is 29.2 Å². The first kappa shape index (κ1) is 58.1. The van der Waals surface area contributed by atoms with E-state index in [0.717, 1.165) is 50.0 Å². The van der Waals surface area contributed by atoms with E-state index in [4.69, 9.17) is 18.9 Å². The standard InChI is InChI=1S/C60H96N2O6/c1-5-9-13-17-21-25-29-33-43-65-55-41-39-53(47-57(55)67-45-35-31-27-23-19-15-11-7-3)61-49-51-37-38-52(60(64)59(51)63)50-62-54-40-42-56(66-44-34-30-26-22-18-14-10-6-2)58(48-54)68-46-36-32-28-24-20-16-12-8-4/h37-42,47-50,63-64H,5-36,43-46H2,1-4H3. The van der Waals surface area contributed by atoms with Gasteiger partial charge in [-0.25, -0.2) is 0 Å². The van der Waals surface area contributed by atoms with Crippen molar-refractivity contribution in [1.29, 1.82) is 0 Å². The molecule has 0 bridgehead atoms. The number of aliphatic imine (C=N–C) groups is 2. The van der Waals surface area contributed by atoms with Crippen LogP contribution in [0.5, 0.6) is 34.5 Å². The van der Waals surface area contributed by atoms with E-state index in [1.54, 1.807) is 24.6 Å². The molecule has 0 saturated heterocycles. The smallest absolute Gasteiger partial charge is 0.167 e. The van der Waals surface area contributed by atoms with Crippen molar-refractivity contribution in [3.05, 3.63) is 59.7 Å². The summed E-state index contributed by atoms with van der Waals surface area (Å²) in [5.74, 6) is 2.33. The van der Waals surface area contributed by atoms with Gasteiger partial charge in [-0.05, 0) is 62.1 Å². The first-order valence-corrected chi connectivity index (χ1v) is 27.9. The highest BCUT2D eigenvalue weighted by molar-refractivity contribution is 5.92. The van der Waals surface area contributed by atoms with E-state index in [9.17, 15) is 10.2 Å². The Bertz CT molecular complexity index is 1630. The fourth-order valence-electron chi connectivity index (χ4n) is 8.40. The zero-order valence-electron chi connectivity index (χ0n) is 43.7. The van der Waals surface area contributed by atoms with Crippen LogP contribution >= 0.6 is 0 Å². The van der Waals surface area contributed by atoms with Crippen molar-refractivity contribution in [1.82, 2.24) is 0 Å². The Balaban J connectivity index is 1.64. The van der Waals surface area contributed by atoms with Gasteiger partial charge in [-0.2, -0.15) is 0 Å². The van der Waals surface area contributed by atoms with E-state index >= 15 is 0 Å². The van der Waals surface area contributed by atoms with E-state index in [1.165, 1.54) is 167 Å². The number of benzene rings is 3. The number of hydrogen-bond donors (Lipinski definition) is 2. The highest BCUT2D eigenvalue weighted by atomic mass is 16.5. The Morgan fingerprint density at radius 1 is 0.324 bits per heavy atom. The van der Waals surface area contributed by atoms with Gasteiger partial charge in [0.25, 0.3) is 0 Å². The van der Waals surface area contributed by atoms with E-state index in [0.29, 0.717) is 60.4 Å². The number of unbranched alkanes of at least 4 members (excludes halogenated alkanes) is 28. The second kappa shape index (κ2) is 39.6. The number of nitrogens with zero attached hydrogens (tertiary/aromatic N) is 2. The lowest BCUT2D eigenvalue weighted by atomic mass is 10.1. The molecule has 3 aromatic rings. The minimum Gasteiger partial charge on any atom is -0.504 e. The van der Waals surface area contributed by atoms with Crippen molar-refractivity contribution in [2.45, 2.75) is 233 Å². The van der Waals surface area contributed by atoms with Gasteiger partial charge < -0.3 is 29.2 Å². The van der Waals surface area contributed by atoms with Crippen LogP contribution in [0.25, 0.3) is 0 Å². The van der Waals surface area contributed by atoms with Crippen LogP contribution in [0.3, 0.4) is 0 Å². The van der Waals surface area contributed by atoms with Crippen LogP contribution in [0.2, 0.25) is 0 Å². The summed E-state index contributed by atoms with van der Waals surface area (Å²) in [6.07, 6.45) is 43.0. The fourth-order valence-corrected chi connectivity index (χ4v) is 8.40. The zero-order valence-corrected chi connectivity index (χ0v) is 43.7. The molecule has 0 fully saturated rings. The minimum absolute atomic E-state index is 0.256. The molecule has 2 N–H and O–H groups in total. The van der Waals surface area contributed by atoms with E-state index in [-0.39, 0.29) is 11.5 Å². The summed E-state index contributed by atoms with van der Waals surface area (Å²) in [5.41, 5.74) is 2.13. The zero-order chi connectivity index (χ0) is 48.5. The molecular weight excluding hydrogens is 845 g/mol. The highest BCUT2D eigenvalue weighted by Crippen LogP contribution is 2.36. The van der Waals surface area contributed by atoms with Crippen molar-refractivity contribution in [3.63, 3.8) is 0 Å². The molecule has 0 atom stereocenters. The van der Waals surface area contributed by atoms with Crippen LogP contribution in [0.4, 0.5) is 11.4 Å². The first-order valence-electron chi connectivity index (χ1n) is 27.9. The number of phenols is 2. The van der Waals surface area contributed by atoms with Crippen LogP contribution in [-0.4, -0.2) is 49.1 Å². The van der Waals surface area contributed by atoms with Gasteiger partial charge in [-0.3, -0.25) is 9.98 Å². The van der Waals surface area contributed by atoms with E-state index < -0.39 is 0 Å². The number of phenolic OH excluding ortho intramolecular Hbond substituents is 2. The maximum absolute atomic E-state index is 11.1. The molecule has 0 unspecified atom stereocenters. The van der Waals surface area contributed by atoms with Crippen molar-refractivity contribution in [2.75, 3.05) is 26.4 Å².